The van der Waals surface area contributed by atoms with Crippen LogP contribution in [0.15, 0.2) is 0 Å². The molecule has 94 valence electrons. The summed E-state index contributed by atoms with van der Waals surface area (Å²) < 4.78 is 0. The van der Waals surface area contributed by atoms with Crippen molar-refractivity contribution < 1.29 is 4.79 Å². The van der Waals surface area contributed by atoms with Gasteiger partial charge in [0, 0.05) is 25.0 Å². The number of halogens is 1. The van der Waals surface area contributed by atoms with Gasteiger partial charge in [0.05, 0.1) is 0 Å². The van der Waals surface area contributed by atoms with Crippen LogP contribution in [-0.4, -0.2) is 29.9 Å². The van der Waals surface area contributed by atoms with Gasteiger partial charge in [-0.2, -0.15) is 0 Å². The average Bonchev–Trinajstić information content (AvgIpc) is 2.64. The Kier molecular flexibility index (Phi) is 5.06. The van der Waals surface area contributed by atoms with Crippen LogP contribution in [0.3, 0.4) is 0 Å². The number of likely N-dealkylation sites (tertiary alicyclic amines) is 1. The monoisotopic (exact) mass is 246 g/mol. The molecule has 1 amide bonds. The molecule has 3 unspecified atom stereocenters. The Morgan fingerprint density at radius 2 is 2.06 bits per heavy atom. The molecule has 3 atom stereocenters. The molecule has 2 N–H and O–H groups in total. The lowest BCUT2D eigenvalue weighted by molar-refractivity contribution is -0.137. The molecule has 1 aliphatic heterocycles. The minimum Gasteiger partial charge on any atom is -0.342 e. The zero-order chi connectivity index (χ0) is 10.8. The Balaban J connectivity index is 0.00000128. The number of hydrogen-bond acceptors (Lipinski definition) is 2. The van der Waals surface area contributed by atoms with E-state index in [2.05, 4.69) is 11.8 Å². The molecule has 2 fully saturated rings. The van der Waals surface area contributed by atoms with Crippen LogP contribution in [0.2, 0.25) is 0 Å². The zero-order valence-electron chi connectivity index (χ0n) is 10.0. The standard InChI is InChI=1S/C12H22N2O.ClH/c1-9-3-2-6-14(8-9)12(15)10-4-5-11(13)7-10;/h9-11H,2-8,13H2,1H3;1H. The van der Waals surface area contributed by atoms with E-state index in [-0.39, 0.29) is 24.4 Å². The fourth-order valence-corrected chi connectivity index (χ4v) is 2.89. The molecule has 0 aromatic carbocycles. The molecule has 2 aliphatic rings. The van der Waals surface area contributed by atoms with Gasteiger partial charge in [-0.05, 0) is 38.0 Å². The van der Waals surface area contributed by atoms with E-state index in [1.807, 2.05) is 0 Å². The number of carbonyl (C=O) groups is 1. The fraction of sp³-hybridized carbons (Fsp3) is 0.917. The van der Waals surface area contributed by atoms with Crippen molar-refractivity contribution in [2.45, 2.75) is 45.1 Å². The van der Waals surface area contributed by atoms with Gasteiger partial charge < -0.3 is 10.6 Å². The first-order chi connectivity index (χ1) is 7.16. The van der Waals surface area contributed by atoms with Gasteiger partial charge in [-0.1, -0.05) is 6.92 Å². The molecule has 1 saturated carbocycles. The second-order valence-corrected chi connectivity index (χ2v) is 5.30. The molecule has 1 aliphatic carbocycles. The van der Waals surface area contributed by atoms with E-state index >= 15 is 0 Å². The normalized spacial score (nSPS) is 34.6. The van der Waals surface area contributed by atoms with Crippen molar-refractivity contribution in [2.24, 2.45) is 17.6 Å². The van der Waals surface area contributed by atoms with Crippen LogP contribution in [0.1, 0.15) is 39.0 Å². The van der Waals surface area contributed by atoms with E-state index in [0.717, 1.165) is 32.4 Å². The summed E-state index contributed by atoms with van der Waals surface area (Å²) in [7, 11) is 0. The van der Waals surface area contributed by atoms with Crippen LogP contribution in [0, 0.1) is 11.8 Å². The maximum Gasteiger partial charge on any atom is 0.225 e. The topological polar surface area (TPSA) is 46.3 Å². The van der Waals surface area contributed by atoms with Crippen LogP contribution >= 0.6 is 12.4 Å². The lowest BCUT2D eigenvalue weighted by Gasteiger charge is -2.32. The quantitative estimate of drug-likeness (QED) is 0.767. The summed E-state index contributed by atoms with van der Waals surface area (Å²) >= 11 is 0. The van der Waals surface area contributed by atoms with Gasteiger partial charge in [0.25, 0.3) is 0 Å². The molecule has 4 heteroatoms. The predicted octanol–water partition coefficient (Wildman–Crippen LogP) is 1.79. The first kappa shape index (κ1) is 13.8. The number of rotatable bonds is 1. The van der Waals surface area contributed by atoms with Crippen LogP contribution < -0.4 is 5.73 Å². The van der Waals surface area contributed by atoms with Gasteiger partial charge in [-0.3, -0.25) is 4.79 Å². The predicted molar refractivity (Wildman–Crippen MR) is 67.5 cm³/mol. The lowest BCUT2D eigenvalue weighted by atomic mass is 9.98. The summed E-state index contributed by atoms with van der Waals surface area (Å²) in [6.07, 6.45) is 5.38. The van der Waals surface area contributed by atoms with Crippen molar-refractivity contribution in [3.8, 4) is 0 Å². The highest BCUT2D eigenvalue weighted by Gasteiger charge is 2.32. The number of piperidine rings is 1. The van der Waals surface area contributed by atoms with Crippen LogP contribution in [0.4, 0.5) is 0 Å². The van der Waals surface area contributed by atoms with Crippen molar-refractivity contribution in [3.05, 3.63) is 0 Å². The van der Waals surface area contributed by atoms with E-state index < -0.39 is 0 Å². The van der Waals surface area contributed by atoms with E-state index in [1.54, 1.807) is 0 Å². The highest BCUT2D eigenvalue weighted by Crippen LogP contribution is 2.27. The molecule has 0 spiro atoms. The first-order valence-corrected chi connectivity index (χ1v) is 6.21. The first-order valence-electron chi connectivity index (χ1n) is 6.21. The maximum absolute atomic E-state index is 12.2. The van der Waals surface area contributed by atoms with Crippen molar-refractivity contribution in [1.29, 1.82) is 0 Å². The number of carbonyl (C=O) groups excluding carboxylic acids is 1. The molecule has 2 rings (SSSR count). The van der Waals surface area contributed by atoms with Gasteiger partial charge in [-0.15, -0.1) is 12.4 Å². The number of amides is 1. The summed E-state index contributed by atoms with van der Waals surface area (Å²) in [4.78, 5) is 14.2. The molecule has 16 heavy (non-hydrogen) atoms. The Hall–Kier alpha value is -0.280. The molecule has 3 nitrogen and oxygen atoms in total. The third-order valence-corrected chi connectivity index (χ3v) is 3.79. The summed E-state index contributed by atoms with van der Waals surface area (Å²) in [5.41, 5.74) is 5.85. The van der Waals surface area contributed by atoms with Gasteiger partial charge in [0.1, 0.15) is 0 Å². The maximum atomic E-state index is 12.2. The average molecular weight is 247 g/mol. The van der Waals surface area contributed by atoms with E-state index in [9.17, 15) is 4.79 Å². The minimum atomic E-state index is 0. The Morgan fingerprint density at radius 1 is 1.31 bits per heavy atom. The summed E-state index contributed by atoms with van der Waals surface area (Å²) in [6.45, 7) is 4.17. The van der Waals surface area contributed by atoms with Crippen molar-refractivity contribution in [3.63, 3.8) is 0 Å². The van der Waals surface area contributed by atoms with E-state index in [1.165, 1.54) is 12.8 Å². The smallest absolute Gasteiger partial charge is 0.225 e. The van der Waals surface area contributed by atoms with Gasteiger partial charge in [0.15, 0.2) is 0 Å². The lowest BCUT2D eigenvalue weighted by Crippen LogP contribution is -2.42. The molecule has 1 saturated heterocycles. The molecule has 0 radical (unpaired) electrons. The molecule has 0 bridgehead atoms. The number of nitrogens with zero attached hydrogens (tertiary/aromatic N) is 1. The largest absolute Gasteiger partial charge is 0.342 e. The zero-order valence-corrected chi connectivity index (χ0v) is 10.8. The summed E-state index contributed by atoms with van der Waals surface area (Å²) in [6, 6.07) is 0.265. The second kappa shape index (κ2) is 5.87. The molecular formula is C12H23ClN2O. The minimum absolute atomic E-state index is 0. The highest BCUT2D eigenvalue weighted by molar-refractivity contribution is 5.85. The molecule has 0 aromatic heterocycles. The van der Waals surface area contributed by atoms with Crippen molar-refractivity contribution in [2.75, 3.05) is 13.1 Å². The molecular weight excluding hydrogens is 224 g/mol. The van der Waals surface area contributed by atoms with Crippen LogP contribution in [0.25, 0.3) is 0 Å². The summed E-state index contributed by atoms with van der Waals surface area (Å²) in [5.74, 6) is 1.28. The van der Waals surface area contributed by atoms with Crippen molar-refractivity contribution >= 4 is 18.3 Å². The Morgan fingerprint density at radius 3 is 2.62 bits per heavy atom. The summed E-state index contributed by atoms with van der Waals surface area (Å²) in [5, 5.41) is 0. The Bertz CT molecular complexity index is 247. The number of hydrogen-bond donors (Lipinski definition) is 1. The fourth-order valence-electron chi connectivity index (χ4n) is 2.89. The third-order valence-electron chi connectivity index (χ3n) is 3.79. The van der Waals surface area contributed by atoms with E-state index in [4.69, 9.17) is 5.73 Å². The van der Waals surface area contributed by atoms with E-state index in [0.29, 0.717) is 11.8 Å². The van der Waals surface area contributed by atoms with Gasteiger partial charge in [0.2, 0.25) is 5.91 Å². The number of nitrogens with two attached hydrogens (primary N) is 1. The van der Waals surface area contributed by atoms with Crippen LogP contribution in [0.5, 0.6) is 0 Å². The van der Waals surface area contributed by atoms with Gasteiger partial charge >= 0.3 is 0 Å². The highest BCUT2D eigenvalue weighted by atomic mass is 35.5. The molecule has 1 heterocycles. The van der Waals surface area contributed by atoms with Crippen molar-refractivity contribution in [1.82, 2.24) is 4.90 Å². The Labute approximate surface area is 104 Å². The third kappa shape index (κ3) is 3.11. The van der Waals surface area contributed by atoms with Crippen LogP contribution in [-0.2, 0) is 4.79 Å². The van der Waals surface area contributed by atoms with Gasteiger partial charge in [-0.25, -0.2) is 0 Å². The molecule has 0 aromatic rings. The second-order valence-electron chi connectivity index (χ2n) is 5.30. The SMILES string of the molecule is CC1CCCN(C(=O)C2CCC(N)C2)C1.Cl.